The Morgan fingerprint density at radius 1 is 0.423 bits per heavy atom. The largest absolute Gasteiger partial charge is 0.451 e. The Morgan fingerprint density at radius 2 is 0.692 bits per heavy atom. The van der Waals surface area contributed by atoms with Crippen molar-refractivity contribution in [2.24, 2.45) is 11.8 Å². The smallest absolute Gasteiger partial charge is 0.329 e. The number of cyclic esters (lactones) is 4. The van der Waals surface area contributed by atoms with Gasteiger partial charge < -0.3 is 38.5 Å². The van der Waals surface area contributed by atoms with Crippen molar-refractivity contribution >= 4 is 47.5 Å². The van der Waals surface area contributed by atoms with E-state index < -0.39 is 120 Å². The molecule has 3 fully saturated rings. The van der Waals surface area contributed by atoms with E-state index in [2.05, 4.69) is 0 Å². The monoisotopic (exact) mass is 1090 g/mol. The highest BCUT2D eigenvalue weighted by atomic mass is 19.1. The number of ether oxygens (including phenoxy) is 4. The third-order valence-electron chi connectivity index (χ3n) is 15.0. The molecule has 2 aliphatic carbocycles. The van der Waals surface area contributed by atoms with Gasteiger partial charge in [0.15, 0.2) is 24.4 Å². The molecular weight excluding hydrogens is 1010 g/mol. The van der Waals surface area contributed by atoms with Gasteiger partial charge >= 0.3 is 23.9 Å². The van der Waals surface area contributed by atoms with Gasteiger partial charge in [-0.3, -0.25) is 19.2 Å². The first-order valence-corrected chi connectivity index (χ1v) is 27.4. The summed E-state index contributed by atoms with van der Waals surface area (Å²) in [5.41, 5.74) is -1.51. The molecule has 0 aromatic heterocycles. The minimum atomic E-state index is -2.09. The molecule has 2 aromatic rings. The van der Waals surface area contributed by atoms with Crippen molar-refractivity contribution in [2.75, 3.05) is 28.2 Å². The van der Waals surface area contributed by atoms with Crippen LogP contribution in [0.25, 0.3) is 0 Å². The second kappa shape index (κ2) is 25.0. The Balaban J connectivity index is 1.63. The fourth-order valence-corrected chi connectivity index (χ4v) is 9.59. The second-order valence-corrected chi connectivity index (χ2v) is 25.4. The van der Waals surface area contributed by atoms with Crippen LogP contribution in [0.4, 0.5) is 8.78 Å². The van der Waals surface area contributed by atoms with Crippen LogP contribution in [0.5, 0.6) is 0 Å². The van der Waals surface area contributed by atoms with E-state index in [-0.39, 0.29) is 48.3 Å². The van der Waals surface area contributed by atoms with E-state index in [1.807, 2.05) is 65.8 Å². The molecule has 0 bridgehead atoms. The van der Waals surface area contributed by atoms with Crippen molar-refractivity contribution in [3.63, 3.8) is 0 Å². The number of amides is 4. The molecule has 1 heterocycles. The van der Waals surface area contributed by atoms with E-state index in [0.29, 0.717) is 11.1 Å². The lowest BCUT2D eigenvalue weighted by atomic mass is 9.86. The van der Waals surface area contributed by atoms with Gasteiger partial charge in [0.25, 0.3) is 23.6 Å². The Hall–Kier alpha value is -5.94. The first kappa shape index (κ1) is 62.9. The summed E-state index contributed by atoms with van der Waals surface area (Å²) in [7, 11) is 5.14. The number of rotatable bonds is 12. The average Bonchev–Trinajstić information content (AvgIpc) is 4.30. The standard InChI is InChI=1S/C60H86F2N4O12/c1-35-49(67)65(15)45(33-59(9,10)61)55(73)77-48(32-40-23-27-42(28-24-40)58(6,7)8)52(70)64(14)44(30-38-19-20-38)54(72)76-36(2)50(68)66(16)46(34-60(11,12)62)56(74)78-47(31-39-21-25-41(26-22-39)57(3,4)5)51(69)63(13)43(53(71)75-35)29-37-17-18-37/h21-28,35-38,43-48H,17-20,29-34H2,1-16H3/t35-,36-,43+,44+,45+,46+,47-,48-/m1/s1. The molecule has 5 rings (SSSR count). The van der Waals surface area contributed by atoms with E-state index in [9.17, 15) is 38.4 Å². The summed E-state index contributed by atoms with van der Waals surface area (Å²) in [5, 5.41) is 0. The summed E-state index contributed by atoms with van der Waals surface area (Å²) in [6.45, 7) is 19.6. The van der Waals surface area contributed by atoms with Crippen molar-refractivity contribution in [1.29, 1.82) is 0 Å². The molecule has 3 aliphatic rings. The summed E-state index contributed by atoms with van der Waals surface area (Å²) in [6.07, 6.45) is -4.94. The number of halogens is 2. The number of likely N-dealkylation sites (N-methyl/N-ethyl adjacent to an activating group) is 4. The van der Waals surface area contributed by atoms with Crippen LogP contribution in [0, 0.1) is 11.8 Å². The van der Waals surface area contributed by atoms with Gasteiger partial charge in [0.1, 0.15) is 35.5 Å². The number of esters is 4. The van der Waals surface area contributed by atoms with Crippen LogP contribution in [-0.2, 0) is 81.0 Å². The lowest BCUT2D eigenvalue weighted by molar-refractivity contribution is -0.176. The molecule has 1 saturated heterocycles. The van der Waals surface area contributed by atoms with Crippen LogP contribution in [-0.4, -0.2) is 155 Å². The molecule has 0 N–H and O–H groups in total. The molecule has 0 unspecified atom stereocenters. The Bertz CT molecular complexity index is 2310. The van der Waals surface area contributed by atoms with Gasteiger partial charge in [0, 0.05) is 53.9 Å². The maximum Gasteiger partial charge on any atom is 0.329 e. The quantitative estimate of drug-likeness (QED) is 0.148. The maximum absolute atomic E-state index is 15.8. The molecular formula is C60H86F2N4O12. The zero-order valence-electron chi connectivity index (χ0n) is 48.9. The first-order chi connectivity index (χ1) is 35.9. The lowest BCUT2D eigenvalue weighted by Gasteiger charge is -2.35. The van der Waals surface area contributed by atoms with Crippen molar-refractivity contribution in [2.45, 2.75) is 218 Å². The van der Waals surface area contributed by atoms with E-state index in [4.69, 9.17) is 18.9 Å². The van der Waals surface area contributed by atoms with E-state index >= 15 is 8.78 Å². The van der Waals surface area contributed by atoms with Crippen LogP contribution >= 0.6 is 0 Å². The number of benzene rings is 2. The summed E-state index contributed by atoms with van der Waals surface area (Å²) >= 11 is 0. The SMILES string of the molecule is C[C@H]1OC(=O)[C@H](CC2CC2)N(C)C(=O)[C@@H](Cc2ccc(C(C)(C)C)cc2)OC(=O)[C@H](CC(C)(C)F)N(C)C(=O)[C@@H](C)OC(=O)[C@H](CC2CC2)N(C)C(=O)[C@@H](Cc2ccc(C(C)(C)C)cc2)OC(=O)[C@H](CC(C)(C)F)N(C)C1=O. The van der Waals surface area contributed by atoms with Crippen molar-refractivity contribution in [3.8, 4) is 0 Å². The van der Waals surface area contributed by atoms with Crippen LogP contribution in [0.15, 0.2) is 48.5 Å². The number of alkyl halides is 2. The molecule has 0 spiro atoms. The molecule has 1 aliphatic heterocycles. The third-order valence-corrected chi connectivity index (χ3v) is 15.0. The van der Waals surface area contributed by atoms with Crippen LogP contribution in [0.3, 0.4) is 0 Å². The molecule has 4 amide bonds. The Labute approximate surface area is 460 Å². The van der Waals surface area contributed by atoms with Crippen LogP contribution in [0.2, 0.25) is 0 Å². The maximum atomic E-state index is 15.8. The third kappa shape index (κ3) is 17.5. The van der Waals surface area contributed by atoms with Gasteiger partial charge in [-0.15, -0.1) is 0 Å². The molecule has 18 heteroatoms. The molecule has 2 saturated carbocycles. The van der Waals surface area contributed by atoms with Gasteiger partial charge in [-0.2, -0.15) is 0 Å². The van der Waals surface area contributed by atoms with Gasteiger partial charge in [0.05, 0.1) is 0 Å². The normalized spacial score (nSPS) is 26.1. The zero-order chi connectivity index (χ0) is 58.6. The van der Waals surface area contributed by atoms with E-state index in [1.54, 1.807) is 24.3 Å². The predicted molar refractivity (Wildman–Crippen MR) is 289 cm³/mol. The Kier molecular flexibility index (Phi) is 20.2. The van der Waals surface area contributed by atoms with Crippen molar-refractivity contribution in [3.05, 3.63) is 70.8 Å². The molecule has 432 valence electrons. The van der Waals surface area contributed by atoms with Crippen molar-refractivity contribution < 1.29 is 66.1 Å². The van der Waals surface area contributed by atoms with E-state index in [1.165, 1.54) is 69.7 Å². The highest BCUT2D eigenvalue weighted by Crippen LogP contribution is 2.37. The van der Waals surface area contributed by atoms with Crippen molar-refractivity contribution in [1.82, 2.24) is 19.6 Å². The van der Waals surface area contributed by atoms with Crippen LogP contribution in [0.1, 0.15) is 157 Å². The molecule has 16 nitrogen and oxygen atoms in total. The number of hydrogen-bond acceptors (Lipinski definition) is 12. The van der Waals surface area contributed by atoms with E-state index in [0.717, 1.165) is 56.4 Å². The summed E-state index contributed by atoms with van der Waals surface area (Å²) in [4.78, 5) is 121. The fourth-order valence-electron chi connectivity index (χ4n) is 9.59. The molecule has 2 aromatic carbocycles. The summed E-state index contributed by atoms with van der Waals surface area (Å²) < 4.78 is 55.4. The van der Waals surface area contributed by atoms with Gasteiger partial charge in [-0.05, 0) is 99.3 Å². The summed E-state index contributed by atoms with van der Waals surface area (Å²) in [6, 6.07) is 8.65. The molecule has 78 heavy (non-hydrogen) atoms. The second-order valence-electron chi connectivity index (χ2n) is 25.4. The lowest BCUT2D eigenvalue weighted by Crippen LogP contribution is -2.55. The predicted octanol–water partition coefficient (Wildman–Crippen LogP) is 7.95. The topological polar surface area (TPSA) is 186 Å². The zero-order valence-corrected chi connectivity index (χ0v) is 48.9. The average molecular weight is 1090 g/mol. The highest BCUT2D eigenvalue weighted by Gasteiger charge is 2.46. The number of carbonyl (C=O) groups is 8. The number of carbonyl (C=O) groups excluding carboxylic acids is 8. The highest BCUT2D eigenvalue weighted by molar-refractivity contribution is 5.94. The Morgan fingerprint density at radius 3 is 0.949 bits per heavy atom. The minimum absolute atomic E-state index is 0.00256. The van der Waals surface area contributed by atoms with Crippen LogP contribution < -0.4 is 0 Å². The first-order valence-electron chi connectivity index (χ1n) is 27.4. The fraction of sp³-hybridized carbons (Fsp3) is 0.667. The van der Waals surface area contributed by atoms with Gasteiger partial charge in [-0.1, -0.05) is 116 Å². The summed E-state index contributed by atoms with van der Waals surface area (Å²) in [5.74, 6) is -7.78. The minimum Gasteiger partial charge on any atom is -0.451 e. The number of nitrogens with zero attached hydrogens (tertiary/aromatic N) is 4. The molecule has 0 radical (unpaired) electrons. The number of hydrogen-bond donors (Lipinski definition) is 0. The van der Waals surface area contributed by atoms with Gasteiger partial charge in [-0.25, -0.2) is 28.0 Å². The van der Waals surface area contributed by atoms with Gasteiger partial charge in [0.2, 0.25) is 0 Å². The molecule has 8 atom stereocenters.